The van der Waals surface area contributed by atoms with Gasteiger partial charge in [-0.3, -0.25) is 4.79 Å². The van der Waals surface area contributed by atoms with Crippen molar-refractivity contribution in [2.24, 2.45) is 17.8 Å². The van der Waals surface area contributed by atoms with Gasteiger partial charge in [0.2, 0.25) is 0 Å². The van der Waals surface area contributed by atoms with Crippen molar-refractivity contribution in [3.63, 3.8) is 0 Å². The molecule has 4 nitrogen and oxygen atoms in total. The fourth-order valence-electron chi connectivity index (χ4n) is 3.39. The molecule has 3 rings (SSSR count). The van der Waals surface area contributed by atoms with E-state index in [0.717, 1.165) is 30.0 Å². The first-order valence-electron chi connectivity index (χ1n) is 7.67. The van der Waals surface area contributed by atoms with Crippen LogP contribution < -0.4 is 10.6 Å². The maximum absolute atomic E-state index is 11.7. The molecule has 0 aromatic heterocycles. The summed E-state index contributed by atoms with van der Waals surface area (Å²) in [5, 5.41) is 14.8. The Bertz CT molecular complexity index is 524. The second-order valence-corrected chi connectivity index (χ2v) is 5.98. The first-order chi connectivity index (χ1) is 10.3. The van der Waals surface area contributed by atoms with Crippen molar-refractivity contribution >= 4 is 11.6 Å². The summed E-state index contributed by atoms with van der Waals surface area (Å²) in [5.74, 6) is 2.16. The SMILES string of the molecule is O=C(NCCO)c1ccc(NCC2CC3C=CC2C3)cc1. The highest BCUT2D eigenvalue weighted by atomic mass is 16.3. The van der Waals surface area contributed by atoms with Crippen LogP contribution >= 0.6 is 0 Å². The summed E-state index contributed by atoms with van der Waals surface area (Å²) in [7, 11) is 0. The topological polar surface area (TPSA) is 61.4 Å². The number of aliphatic hydroxyl groups excluding tert-OH is 1. The minimum atomic E-state index is -0.145. The van der Waals surface area contributed by atoms with E-state index in [1.54, 1.807) is 0 Å². The highest BCUT2D eigenvalue weighted by Crippen LogP contribution is 2.43. The standard InChI is InChI=1S/C17H22N2O2/c20-8-7-18-17(21)13-3-5-16(6-4-13)19-11-15-10-12-1-2-14(15)9-12/h1-6,12,14-15,19-20H,7-11H2,(H,18,21). The minimum absolute atomic E-state index is 0.0383. The number of nitrogens with one attached hydrogen (secondary N) is 2. The van der Waals surface area contributed by atoms with Crippen LogP contribution in [0.1, 0.15) is 23.2 Å². The Balaban J connectivity index is 1.50. The molecule has 0 heterocycles. The van der Waals surface area contributed by atoms with Gasteiger partial charge in [-0.25, -0.2) is 0 Å². The minimum Gasteiger partial charge on any atom is -0.395 e. The Morgan fingerprint density at radius 1 is 1.19 bits per heavy atom. The van der Waals surface area contributed by atoms with E-state index in [0.29, 0.717) is 5.56 Å². The van der Waals surface area contributed by atoms with Crippen molar-refractivity contribution < 1.29 is 9.90 Å². The van der Waals surface area contributed by atoms with Gasteiger partial charge in [-0.1, -0.05) is 12.2 Å². The number of fused-ring (bicyclic) bond motifs is 2. The Kier molecular flexibility index (Phi) is 4.25. The fraction of sp³-hybridized carbons (Fsp3) is 0.471. The summed E-state index contributed by atoms with van der Waals surface area (Å²) in [5.41, 5.74) is 1.68. The summed E-state index contributed by atoms with van der Waals surface area (Å²) in [4.78, 5) is 11.7. The van der Waals surface area contributed by atoms with Crippen LogP contribution in [0.4, 0.5) is 5.69 Å². The molecule has 4 heteroatoms. The van der Waals surface area contributed by atoms with E-state index >= 15 is 0 Å². The quantitative estimate of drug-likeness (QED) is 0.701. The smallest absolute Gasteiger partial charge is 0.251 e. The Hall–Kier alpha value is -1.81. The van der Waals surface area contributed by atoms with Crippen molar-refractivity contribution in [1.82, 2.24) is 5.32 Å². The molecule has 3 unspecified atom stereocenters. The number of carbonyl (C=O) groups is 1. The number of benzene rings is 1. The molecule has 3 atom stereocenters. The Morgan fingerprint density at radius 2 is 2.00 bits per heavy atom. The normalized spacial score (nSPS) is 26.0. The van der Waals surface area contributed by atoms with Crippen molar-refractivity contribution in [3.05, 3.63) is 42.0 Å². The molecule has 0 saturated heterocycles. The third-order valence-electron chi connectivity index (χ3n) is 4.53. The third kappa shape index (κ3) is 3.27. The van der Waals surface area contributed by atoms with Crippen LogP contribution in [0.3, 0.4) is 0 Å². The molecule has 2 aliphatic carbocycles. The van der Waals surface area contributed by atoms with Crippen LogP contribution in [0.2, 0.25) is 0 Å². The van der Waals surface area contributed by atoms with E-state index in [1.165, 1.54) is 12.8 Å². The number of hydrogen-bond donors (Lipinski definition) is 3. The largest absolute Gasteiger partial charge is 0.395 e. The monoisotopic (exact) mass is 286 g/mol. The van der Waals surface area contributed by atoms with Crippen LogP contribution in [0.15, 0.2) is 36.4 Å². The lowest BCUT2D eigenvalue weighted by atomic mass is 9.93. The summed E-state index contributed by atoms with van der Waals surface area (Å²) in [6.45, 7) is 1.25. The van der Waals surface area contributed by atoms with Gasteiger partial charge in [0.25, 0.3) is 5.91 Å². The molecule has 0 spiro atoms. The lowest BCUT2D eigenvalue weighted by Crippen LogP contribution is -2.26. The maximum atomic E-state index is 11.7. The second-order valence-electron chi connectivity index (χ2n) is 5.98. The molecule has 0 aliphatic heterocycles. The number of rotatable bonds is 6. The van der Waals surface area contributed by atoms with Crippen molar-refractivity contribution in [2.75, 3.05) is 25.0 Å². The molecule has 1 aromatic rings. The van der Waals surface area contributed by atoms with Crippen LogP contribution in [0, 0.1) is 17.8 Å². The lowest BCUT2D eigenvalue weighted by molar-refractivity contribution is 0.0945. The molecule has 0 radical (unpaired) electrons. The molecule has 3 N–H and O–H groups in total. The molecule has 2 bridgehead atoms. The van der Waals surface area contributed by atoms with Crippen LogP contribution in [-0.2, 0) is 0 Å². The third-order valence-corrected chi connectivity index (χ3v) is 4.53. The average Bonchev–Trinajstić information content (AvgIpc) is 3.14. The first-order valence-corrected chi connectivity index (χ1v) is 7.67. The number of anilines is 1. The number of carbonyl (C=O) groups excluding carboxylic acids is 1. The highest BCUT2D eigenvalue weighted by molar-refractivity contribution is 5.94. The fourth-order valence-corrected chi connectivity index (χ4v) is 3.39. The molecule has 21 heavy (non-hydrogen) atoms. The average molecular weight is 286 g/mol. The van der Waals surface area contributed by atoms with Crippen molar-refractivity contribution in [3.8, 4) is 0 Å². The maximum Gasteiger partial charge on any atom is 0.251 e. The van der Waals surface area contributed by atoms with Crippen LogP contribution in [0.25, 0.3) is 0 Å². The zero-order valence-corrected chi connectivity index (χ0v) is 12.1. The highest BCUT2D eigenvalue weighted by Gasteiger charge is 2.35. The summed E-state index contributed by atoms with van der Waals surface area (Å²) >= 11 is 0. The van der Waals surface area contributed by atoms with E-state index in [2.05, 4.69) is 22.8 Å². The Labute approximate surface area is 125 Å². The summed E-state index contributed by atoms with van der Waals surface area (Å²) < 4.78 is 0. The molecule has 112 valence electrons. The summed E-state index contributed by atoms with van der Waals surface area (Å²) in [6.07, 6.45) is 7.36. The predicted molar refractivity (Wildman–Crippen MR) is 83.2 cm³/mol. The molecule has 1 aromatic carbocycles. The van der Waals surface area contributed by atoms with Gasteiger partial charge in [-0.15, -0.1) is 0 Å². The van der Waals surface area contributed by atoms with Gasteiger partial charge in [0, 0.05) is 24.3 Å². The van der Waals surface area contributed by atoms with E-state index < -0.39 is 0 Å². The molecule has 1 fully saturated rings. The van der Waals surface area contributed by atoms with E-state index in [1.807, 2.05) is 24.3 Å². The van der Waals surface area contributed by atoms with Crippen molar-refractivity contribution in [2.45, 2.75) is 12.8 Å². The van der Waals surface area contributed by atoms with Gasteiger partial charge in [0.1, 0.15) is 0 Å². The number of aliphatic hydroxyl groups is 1. The zero-order chi connectivity index (χ0) is 14.7. The zero-order valence-electron chi connectivity index (χ0n) is 12.1. The summed E-state index contributed by atoms with van der Waals surface area (Å²) in [6, 6.07) is 7.51. The van der Waals surface area contributed by atoms with Crippen LogP contribution in [0.5, 0.6) is 0 Å². The van der Waals surface area contributed by atoms with E-state index in [-0.39, 0.29) is 19.1 Å². The molecule has 1 saturated carbocycles. The van der Waals surface area contributed by atoms with E-state index in [4.69, 9.17) is 5.11 Å². The van der Waals surface area contributed by atoms with Gasteiger partial charge >= 0.3 is 0 Å². The molecular weight excluding hydrogens is 264 g/mol. The number of allylic oxidation sites excluding steroid dienone is 2. The lowest BCUT2D eigenvalue weighted by Gasteiger charge is -2.19. The van der Waals surface area contributed by atoms with Gasteiger partial charge < -0.3 is 15.7 Å². The van der Waals surface area contributed by atoms with Gasteiger partial charge in [-0.2, -0.15) is 0 Å². The molecule has 2 aliphatic rings. The molecule has 1 amide bonds. The van der Waals surface area contributed by atoms with E-state index in [9.17, 15) is 4.79 Å². The first kappa shape index (κ1) is 14.1. The molecular formula is C17H22N2O2. The van der Waals surface area contributed by atoms with Gasteiger partial charge in [0.05, 0.1) is 6.61 Å². The van der Waals surface area contributed by atoms with Gasteiger partial charge in [0.15, 0.2) is 0 Å². The number of amides is 1. The predicted octanol–water partition coefficient (Wildman–Crippen LogP) is 2.03. The van der Waals surface area contributed by atoms with Crippen LogP contribution in [-0.4, -0.2) is 30.7 Å². The van der Waals surface area contributed by atoms with Crippen molar-refractivity contribution in [1.29, 1.82) is 0 Å². The second kappa shape index (κ2) is 6.31. The van der Waals surface area contributed by atoms with Gasteiger partial charge in [-0.05, 0) is 54.9 Å². The number of hydrogen-bond acceptors (Lipinski definition) is 3. The Morgan fingerprint density at radius 3 is 2.62 bits per heavy atom.